The molecule has 0 aliphatic carbocycles. The molecule has 0 fully saturated rings. The van der Waals surface area contributed by atoms with Gasteiger partial charge in [-0.2, -0.15) is 13.2 Å². The molecule has 0 aliphatic heterocycles. The maximum atomic E-state index is 13.1. The first kappa shape index (κ1) is 18.9. The molecule has 130 valence electrons. The molecule has 0 saturated carbocycles. The van der Waals surface area contributed by atoms with Crippen LogP contribution in [0.25, 0.3) is 0 Å². The second kappa shape index (κ2) is 7.64. The Labute approximate surface area is 148 Å². The third-order valence-electron chi connectivity index (χ3n) is 3.05. The van der Waals surface area contributed by atoms with Crippen molar-refractivity contribution in [2.45, 2.75) is 25.6 Å². The zero-order valence-corrected chi connectivity index (χ0v) is 14.6. The summed E-state index contributed by atoms with van der Waals surface area (Å²) in [6.45, 7) is 1.68. The van der Waals surface area contributed by atoms with Crippen LogP contribution in [-0.4, -0.2) is 23.9 Å². The number of halogens is 4. The Balaban J connectivity index is 2.03. The molecular formula is C14H12ClF3N2O2S2. The molecule has 24 heavy (non-hydrogen) atoms. The van der Waals surface area contributed by atoms with Crippen molar-refractivity contribution >= 4 is 46.0 Å². The number of Topliss-reactive ketones (excluding diaryl/α,β-unsaturated/α-hetero) is 1. The first-order valence-electron chi connectivity index (χ1n) is 6.63. The Hall–Kier alpha value is -1.42. The fourth-order valence-corrected chi connectivity index (χ4v) is 3.61. The molecule has 0 bridgehead atoms. The molecule has 0 aromatic carbocycles. The number of rotatable bonds is 6. The number of carbonyl (C=O) groups is 2. The summed E-state index contributed by atoms with van der Waals surface area (Å²) < 4.78 is 39.2. The monoisotopic (exact) mass is 396 g/mol. The van der Waals surface area contributed by atoms with Crippen molar-refractivity contribution in [3.05, 3.63) is 43.2 Å². The van der Waals surface area contributed by atoms with Gasteiger partial charge in [0.2, 0.25) is 0 Å². The average Bonchev–Trinajstić information content (AvgIpc) is 3.13. The van der Waals surface area contributed by atoms with Crippen molar-refractivity contribution in [3.8, 4) is 0 Å². The van der Waals surface area contributed by atoms with Gasteiger partial charge in [0.05, 0.1) is 9.90 Å². The number of hydrogen-bond donors (Lipinski definition) is 2. The normalized spacial score (nSPS) is 12.9. The van der Waals surface area contributed by atoms with Gasteiger partial charge in [-0.25, -0.2) is 5.43 Å². The number of amides is 1. The van der Waals surface area contributed by atoms with Crippen LogP contribution >= 0.6 is 34.3 Å². The van der Waals surface area contributed by atoms with E-state index >= 15 is 0 Å². The van der Waals surface area contributed by atoms with E-state index in [4.69, 9.17) is 11.6 Å². The van der Waals surface area contributed by atoms with Crippen molar-refractivity contribution in [1.29, 1.82) is 0 Å². The number of aryl methyl sites for hydroxylation is 1. The van der Waals surface area contributed by atoms with E-state index in [0.29, 0.717) is 5.56 Å². The van der Waals surface area contributed by atoms with E-state index in [1.807, 2.05) is 10.9 Å². The SMILES string of the molecule is Cc1csc(C(=O)NNC(CC(=O)c2cccs2)C(F)(F)F)c1Cl. The van der Waals surface area contributed by atoms with Crippen LogP contribution in [0, 0.1) is 6.92 Å². The Morgan fingerprint density at radius 1 is 1.33 bits per heavy atom. The zero-order chi connectivity index (χ0) is 17.9. The van der Waals surface area contributed by atoms with Crippen LogP contribution < -0.4 is 10.9 Å². The highest BCUT2D eigenvalue weighted by molar-refractivity contribution is 7.13. The summed E-state index contributed by atoms with van der Waals surface area (Å²) in [5.41, 5.74) is 4.53. The van der Waals surface area contributed by atoms with Gasteiger partial charge in [0, 0.05) is 6.42 Å². The first-order valence-corrected chi connectivity index (χ1v) is 8.76. The molecule has 0 radical (unpaired) electrons. The van der Waals surface area contributed by atoms with Crippen LogP contribution in [0.1, 0.15) is 31.3 Å². The summed E-state index contributed by atoms with van der Waals surface area (Å²) in [6, 6.07) is 0.834. The van der Waals surface area contributed by atoms with Crippen molar-refractivity contribution in [3.63, 3.8) is 0 Å². The van der Waals surface area contributed by atoms with Gasteiger partial charge >= 0.3 is 6.18 Å². The van der Waals surface area contributed by atoms with Gasteiger partial charge in [-0.3, -0.25) is 15.0 Å². The Kier molecular flexibility index (Phi) is 6.02. The summed E-state index contributed by atoms with van der Waals surface area (Å²) in [6.07, 6.45) is -5.52. The lowest BCUT2D eigenvalue weighted by Gasteiger charge is -2.21. The fraction of sp³-hybridized carbons (Fsp3) is 0.286. The van der Waals surface area contributed by atoms with Crippen LogP contribution in [-0.2, 0) is 0 Å². The molecule has 2 aromatic rings. The van der Waals surface area contributed by atoms with Crippen LogP contribution in [0.5, 0.6) is 0 Å². The van der Waals surface area contributed by atoms with E-state index in [1.54, 1.807) is 23.8 Å². The van der Waals surface area contributed by atoms with Gasteiger partial charge in [0.25, 0.3) is 5.91 Å². The predicted molar refractivity (Wildman–Crippen MR) is 87.8 cm³/mol. The number of hydrogen-bond acceptors (Lipinski definition) is 5. The third kappa shape index (κ3) is 4.56. The molecule has 2 rings (SSSR count). The number of ketones is 1. The summed E-state index contributed by atoms with van der Waals surface area (Å²) >= 11 is 7.99. The Morgan fingerprint density at radius 2 is 2.04 bits per heavy atom. The molecule has 4 nitrogen and oxygen atoms in total. The number of thiophene rings is 2. The highest BCUT2D eigenvalue weighted by Crippen LogP contribution is 2.27. The molecule has 1 atom stereocenters. The Morgan fingerprint density at radius 3 is 2.54 bits per heavy atom. The summed E-state index contributed by atoms with van der Waals surface area (Å²) in [5.74, 6) is -1.44. The Bertz CT molecular complexity index is 729. The number of alkyl halides is 3. The summed E-state index contributed by atoms with van der Waals surface area (Å²) in [5, 5.41) is 3.42. The highest BCUT2D eigenvalue weighted by Gasteiger charge is 2.41. The minimum absolute atomic E-state index is 0.104. The largest absolute Gasteiger partial charge is 0.406 e. The quantitative estimate of drug-likeness (QED) is 0.568. The minimum atomic E-state index is -4.70. The van der Waals surface area contributed by atoms with Crippen LogP contribution in [0.15, 0.2) is 22.9 Å². The summed E-state index contributed by atoms with van der Waals surface area (Å²) in [7, 11) is 0. The molecule has 2 aromatic heterocycles. The van der Waals surface area contributed by atoms with Gasteiger partial charge in [-0.15, -0.1) is 22.7 Å². The lowest BCUT2D eigenvalue weighted by atomic mass is 10.1. The van der Waals surface area contributed by atoms with Crippen molar-refractivity contribution in [2.75, 3.05) is 0 Å². The van der Waals surface area contributed by atoms with Gasteiger partial charge in [-0.1, -0.05) is 17.7 Å². The second-order valence-electron chi connectivity index (χ2n) is 4.86. The topological polar surface area (TPSA) is 58.2 Å². The van der Waals surface area contributed by atoms with E-state index in [2.05, 4.69) is 0 Å². The van der Waals surface area contributed by atoms with E-state index < -0.39 is 30.3 Å². The van der Waals surface area contributed by atoms with E-state index in [-0.39, 0.29) is 14.8 Å². The predicted octanol–water partition coefficient (Wildman–Crippen LogP) is 4.21. The van der Waals surface area contributed by atoms with E-state index in [9.17, 15) is 22.8 Å². The van der Waals surface area contributed by atoms with Gasteiger partial charge in [0.15, 0.2) is 5.78 Å². The molecule has 0 spiro atoms. The molecule has 0 saturated heterocycles. The molecule has 1 amide bonds. The summed E-state index contributed by atoms with van der Waals surface area (Å²) in [4.78, 5) is 24.1. The maximum Gasteiger partial charge on any atom is 0.406 e. The maximum absolute atomic E-state index is 13.1. The van der Waals surface area contributed by atoms with Crippen LogP contribution in [0.2, 0.25) is 5.02 Å². The standard InChI is InChI=1S/C14H12ClF3N2O2S2/c1-7-6-24-12(11(7)15)13(22)20-19-10(14(16,17)18)5-8(21)9-3-2-4-23-9/h2-4,6,10,19H,5H2,1H3,(H,20,22). The highest BCUT2D eigenvalue weighted by atomic mass is 35.5. The smallest absolute Gasteiger partial charge is 0.293 e. The first-order chi connectivity index (χ1) is 11.2. The van der Waals surface area contributed by atoms with Crippen molar-refractivity contribution in [1.82, 2.24) is 10.9 Å². The second-order valence-corrected chi connectivity index (χ2v) is 7.06. The van der Waals surface area contributed by atoms with Gasteiger partial charge < -0.3 is 0 Å². The van der Waals surface area contributed by atoms with Crippen LogP contribution in [0.4, 0.5) is 13.2 Å². The molecule has 1 unspecified atom stereocenters. The van der Waals surface area contributed by atoms with E-state index in [0.717, 1.165) is 22.7 Å². The van der Waals surface area contributed by atoms with Crippen molar-refractivity contribution in [2.24, 2.45) is 0 Å². The molecule has 2 heterocycles. The van der Waals surface area contributed by atoms with Crippen LogP contribution in [0.3, 0.4) is 0 Å². The molecule has 2 N–H and O–H groups in total. The lowest BCUT2D eigenvalue weighted by molar-refractivity contribution is -0.156. The fourth-order valence-electron chi connectivity index (χ4n) is 1.76. The van der Waals surface area contributed by atoms with Crippen molar-refractivity contribution < 1.29 is 22.8 Å². The average molecular weight is 397 g/mol. The number of nitrogens with one attached hydrogen (secondary N) is 2. The molecular weight excluding hydrogens is 385 g/mol. The lowest BCUT2D eigenvalue weighted by Crippen LogP contribution is -2.52. The molecule has 0 aliphatic rings. The van der Waals surface area contributed by atoms with Gasteiger partial charge in [0.1, 0.15) is 10.9 Å². The molecule has 10 heteroatoms. The number of hydrazine groups is 1. The third-order valence-corrected chi connectivity index (χ3v) is 5.65. The zero-order valence-electron chi connectivity index (χ0n) is 12.2. The minimum Gasteiger partial charge on any atom is -0.293 e. The number of carbonyl (C=O) groups excluding carboxylic acids is 2. The van der Waals surface area contributed by atoms with Gasteiger partial charge in [-0.05, 0) is 29.3 Å². The van der Waals surface area contributed by atoms with E-state index in [1.165, 1.54) is 6.07 Å².